The van der Waals surface area contributed by atoms with Gasteiger partial charge in [-0.3, -0.25) is 34.2 Å². The van der Waals surface area contributed by atoms with Crippen molar-refractivity contribution in [1.82, 2.24) is 24.8 Å². The summed E-state index contributed by atoms with van der Waals surface area (Å²) in [5, 5.41) is 9.40. The standard InChI is InChI=1S/C42H42ClF2N9O6/c1-51-28-8-7-24(16-26(28)33-34(40(51)59)60-20-42(44,45)35(49-33)23-5-6-23)47-36-27(43)17-46-41(50-36)52-13-11-21(12-14-52)15-22-18-53(19-22)29-4-2-3-25-32(29)39(58)54(38(25)57)30-9-10-31(55)48-37(30)56/h2-4,7-8,16-17,21-23,30,35,49H,5-6,9-15,18-20H2,1H3,(H,46,47,50)(H,48,55,56). The lowest BCUT2D eigenvalue weighted by molar-refractivity contribution is -0.136. The number of aryl methyl sites for hydroxylation is 1. The minimum Gasteiger partial charge on any atom is -0.480 e. The van der Waals surface area contributed by atoms with Crippen LogP contribution in [0, 0.1) is 17.8 Å². The van der Waals surface area contributed by atoms with Crippen LogP contribution < -0.4 is 36.0 Å². The molecule has 4 aromatic rings. The molecule has 4 fully saturated rings. The summed E-state index contributed by atoms with van der Waals surface area (Å²) >= 11 is 6.60. The number of benzene rings is 2. The molecule has 1 aliphatic carbocycles. The fourth-order valence-corrected chi connectivity index (χ4v) is 9.68. The molecule has 0 bridgehead atoms. The maximum Gasteiger partial charge on any atom is 0.301 e. The summed E-state index contributed by atoms with van der Waals surface area (Å²) in [5.41, 5.74) is 2.20. The van der Waals surface area contributed by atoms with Gasteiger partial charge < -0.3 is 29.7 Å². The molecule has 2 atom stereocenters. The second-order valence-corrected chi connectivity index (χ2v) is 17.3. The fraction of sp³-hybridized carbons (Fsp3) is 0.452. The molecular formula is C42H42ClF2N9O6. The molecule has 60 heavy (non-hydrogen) atoms. The molecule has 0 spiro atoms. The van der Waals surface area contributed by atoms with E-state index in [1.807, 2.05) is 6.07 Å². The van der Waals surface area contributed by atoms with Crippen molar-refractivity contribution in [3.63, 3.8) is 0 Å². The number of anilines is 5. The smallest absolute Gasteiger partial charge is 0.301 e. The van der Waals surface area contributed by atoms with Crippen LogP contribution in [-0.2, 0) is 16.6 Å². The van der Waals surface area contributed by atoms with Crippen molar-refractivity contribution in [3.8, 4) is 5.75 Å². The van der Waals surface area contributed by atoms with Crippen molar-refractivity contribution in [3.05, 3.63) is 69.1 Å². The van der Waals surface area contributed by atoms with Gasteiger partial charge in [-0.15, -0.1) is 0 Å². The number of alkyl halides is 2. The predicted molar refractivity (Wildman–Crippen MR) is 218 cm³/mol. The van der Waals surface area contributed by atoms with E-state index < -0.39 is 53.8 Å². The van der Waals surface area contributed by atoms with Crippen LogP contribution in [0.25, 0.3) is 10.9 Å². The highest BCUT2D eigenvalue weighted by molar-refractivity contribution is 6.33. The maximum absolute atomic E-state index is 15.1. The number of carbonyl (C=O) groups excluding carboxylic acids is 4. The van der Waals surface area contributed by atoms with E-state index in [0.717, 1.165) is 50.3 Å². The lowest BCUT2D eigenvalue weighted by Crippen LogP contribution is -2.54. The van der Waals surface area contributed by atoms with Gasteiger partial charge in [0.25, 0.3) is 17.4 Å². The van der Waals surface area contributed by atoms with Crippen LogP contribution in [0.1, 0.15) is 65.7 Å². The number of ether oxygens (including phenoxy) is 1. The predicted octanol–water partition coefficient (Wildman–Crippen LogP) is 5.09. The Kier molecular flexibility index (Phi) is 9.22. The van der Waals surface area contributed by atoms with E-state index in [-0.39, 0.29) is 35.8 Å². The number of amides is 4. The number of halogens is 3. The van der Waals surface area contributed by atoms with Gasteiger partial charge in [-0.2, -0.15) is 4.98 Å². The van der Waals surface area contributed by atoms with Gasteiger partial charge in [0, 0.05) is 50.7 Å². The quantitative estimate of drug-likeness (QED) is 0.201. The normalized spacial score (nSPS) is 23.1. The van der Waals surface area contributed by atoms with Gasteiger partial charge in [0.05, 0.1) is 40.3 Å². The summed E-state index contributed by atoms with van der Waals surface area (Å²) in [6.45, 7) is 2.11. The van der Waals surface area contributed by atoms with Crippen molar-refractivity contribution < 1.29 is 32.7 Å². The number of nitrogens with zero attached hydrogens (tertiary/aromatic N) is 6. The highest BCUT2D eigenvalue weighted by Crippen LogP contribution is 2.46. The van der Waals surface area contributed by atoms with Crippen LogP contribution in [0.3, 0.4) is 0 Å². The lowest BCUT2D eigenvalue weighted by atomic mass is 9.83. The van der Waals surface area contributed by atoms with Crippen molar-refractivity contribution in [2.75, 3.05) is 53.2 Å². The van der Waals surface area contributed by atoms with Crippen molar-refractivity contribution in [2.45, 2.75) is 63.0 Å². The number of hydrogen-bond acceptors (Lipinski definition) is 12. The largest absolute Gasteiger partial charge is 0.480 e. The Bertz CT molecular complexity index is 2550. The average molecular weight is 842 g/mol. The van der Waals surface area contributed by atoms with E-state index in [9.17, 15) is 24.0 Å². The molecule has 2 unspecified atom stereocenters. The first-order valence-electron chi connectivity index (χ1n) is 20.4. The molecule has 4 amide bonds. The topological polar surface area (TPSA) is 171 Å². The van der Waals surface area contributed by atoms with Gasteiger partial charge in [-0.1, -0.05) is 17.7 Å². The molecule has 2 aromatic heterocycles. The van der Waals surface area contributed by atoms with Gasteiger partial charge in [0.15, 0.2) is 12.4 Å². The molecule has 2 aromatic carbocycles. The number of carbonyl (C=O) groups is 4. The molecule has 5 aliphatic heterocycles. The highest BCUT2D eigenvalue weighted by Gasteiger charge is 2.51. The molecule has 10 rings (SSSR count). The number of hydrogen-bond donors (Lipinski definition) is 3. The third-order valence-corrected chi connectivity index (χ3v) is 13.2. The van der Waals surface area contributed by atoms with Gasteiger partial charge in [0.2, 0.25) is 23.5 Å². The SMILES string of the molecule is Cn1c(=O)c2c(c3cc(Nc4nc(N5CCC(CC6CN(c7cccc8c7C(=O)N(C7CCC(=O)NC7=O)C8=O)C6)CC5)ncc4Cl)ccc31)NC(C1CC1)C(F)(F)CO2. The van der Waals surface area contributed by atoms with Crippen LogP contribution in [0.15, 0.2) is 47.4 Å². The molecule has 0 radical (unpaired) electrons. The van der Waals surface area contributed by atoms with Crippen LogP contribution in [-0.4, -0.2) is 93.9 Å². The Morgan fingerprint density at radius 3 is 2.50 bits per heavy atom. The Hall–Kier alpha value is -5.84. The molecule has 18 heteroatoms. The maximum atomic E-state index is 15.1. The first-order valence-corrected chi connectivity index (χ1v) is 20.8. The first-order chi connectivity index (χ1) is 28.8. The fourth-order valence-electron chi connectivity index (χ4n) is 9.54. The van der Waals surface area contributed by atoms with Gasteiger partial charge in [-0.05, 0) is 86.6 Å². The number of rotatable bonds is 8. The summed E-state index contributed by atoms with van der Waals surface area (Å²) in [7, 11) is 1.59. The van der Waals surface area contributed by atoms with Crippen molar-refractivity contribution in [2.24, 2.45) is 24.8 Å². The Balaban J connectivity index is 0.781. The minimum absolute atomic E-state index is 0.0686. The summed E-state index contributed by atoms with van der Waals surface area (Å²) in [5.74, 6) is -3.72. The van der Waals surface area contributed by atoms with Crippen LogP contribution >= 0.6 is 11.6 Å². The molecule has 7 heterocycles. The van der Waals surface area contributed by atoms with Crippen LogP contribution in [0.5, 0.6) is 5.75 Å². The number of piperidine rings is 2. The molecule has 6 aliphatic rings. The lowest BCUT2D eigenvalue weighted by Gasteiger charge is -2.44. The zero-order chi connectivity index (χ0) is 41.6. The molecule has 15 nitrogen and oxygen atoms in total. The van der Waals surface area contributed by atoms with Gasteiger partial charge in [0.1, 0.15) is 11.1 Å². The van der Waals surface area contributed by atoms with E-state index in [1.165, 1.54) is 4.57 Å². The van der Waals surface area contributed by atoms with Gasteiger partial charge >= 0.3 is 5.92 Å². The summed E-state index contributed by atoms with van der Waals surface area (Å²) in [6, 6.07) is 8.39. The number of aromatic nitrogens is 3. The average Bonchev–Trinajstić information content (AvgIpc) is 4.04. The number of imide groups is 2. The van der Waals surface area contributed by atoms with Crippen LogP contribution in [0.2, 0.25) is 5.02 Å². The monoisotopic (exact) mass is 841 g/mol. The summed E-state index contributed by atoms with van der Waals surface area (Å²) in [6.07, 6.45) is 5.99. The van der Waals surface area contributed by atoms with E-state index in [0.29, 0.717) is 69.3 Å². The van der Waals surface area contributed by atoms with Crippen molar-refractivity contribution >= 4 is 75.0 Å². The Morgan fingerprint density at radius 1 is 0.967 bits per heavy atom. The Labute approximate surface area is 347 Å². The highest BCUT2D eigenvalue weighted by atomic mass is 35.5. The van der Waals surface area contributed by atoms with Crippen molar-refractivity contribution in [1.29, 1.82) is 0 Å². The second kappa shape index (κ2) is 14.4. The molecule has 1 saturated carbocycles. The Morgan fingerprint density at radius 2 is 1.75 bits per heavy atom. The van der Waals surface area contributed by atoms with E-state index in [2.05, 4.69) is 30.7 Å². The molecule has 312 valence electrons. The minimum atomic E-state index is -3.15. The number of nitrogens with one attached hydrogen (secondary N) is 3. The van der Waals surface area contributed by atoms with Crippen LogP contribution in [0.4, 0.5) is 37.6 Å². The first kappa shape index (κ1) is 38.4. The summed E-state index contributed by atoms with van der Waals surface area (Å²) in [4.78, 5) is 79.0. The molecule has 3 N–H and O–H groups in total. The zero-order valence-corrected chi connectivity index (χ0v) is 33.4. The van der Waals surface area contributed by atoms with E-state index >= 15 is 8.78 Å². The second-order valence-electron chi connectivity index (χ2n) is 16.9. The number of pyridine rings is 1. The third kappa shape index (κ3) is 6.57. The zero-order valence-electron chi connectivity index (χ0n) is 32.7. The van der Waals surface area contributed by atoms with E-state index in [1.54, 1.807) is 43.6 Å². The number of fused-ring (bicyclic) bond motifs is 4. The summed E-state index contributed by atoms with van der Waals surface area (Å²) < 4.78 is 37.2. The third-order valence-electron chi connectivity index (χ3n) is 12.9. The molecule has 3 saturated heterocycles. The molecular weight excluding hydrogens is 800 g/mol. The van der Waals surface area contributed by atoms with E-state index in [4.69, 9.17) is 21.3 Å². The van der Waals surface area contributed by atoms with Gasteiger partial charge in [-0.25, -0.2) is 13.8 Å².